The number of Topliss-reactive ketones (excluding diaryl/α,β-unsaturated/α-hetero) is 1. The Morgan fingerprint density at radius 3 is 2.39 bits per heavy atom. The zero-order valence-electron chi connectivity index (χ0n) is 14.7. The lowest BCUT2D eigenvalue weighted by Crippen LogP contribution is -2.42. The van der Waals surface area contributed by atoms with Gasteiger partial charge in [0.1, 0.15) is 0 Å². The summed E-state index contributed by atoms with van der Waals surface area (Å²) in [6.07, 6.45) is 2.89. The fourth-order valence-corrected chi connectivity index (χ4v) is 3.50. The van der Waals surface area contributed by atoms with Gasteiger partial charge in [0.25, 0.3) is 0 Å². The van der Waals surface area contributed by atoms with E-state index in [0.717, 1.165) is 18.4 Å². The van der Waals surface area contributed by atoms with Crippen molar-refractivity contribution in [3.63, 3.8) is 0 Å². The number of hydrogen-bond donors (Lipinski definition) is 0. The molecule has 3 nitrogen and oxygen atoms in total. The fourth-order valence-electron chi connectivity index (χ4n) is 3.50. The Morgan fingerprint density at radius 2 is 1.83 bits per heavy atom. The van der Waals surface area contributed by atoms with Crippen LogP contribution in [0.2, 0.25) is 0 Å². The summed E-state index contributed by atoms with van der Waals surface area (Å²) < 4.78 is 5.24. The minimum absolute atomic E-state index is 0.0550. The highest BCUT2D eigenvalue weighted by molar-refractivity contribution is 5.88. The van der Waals surface area contributed by atoms with Gasteiger partial charge in [0.15, 0.2) is 12.4 Å². The van der Waals surface area contributed by atoms with Crippen LogP contribution in [0.4, 0.5) is 0 Å². The highest BCUT2D eigenvalue weighted by Gasteiger charge is 2.53. The molecule has 0 saturated heterocycles. The van der Waals surface area contributed by atoms with E-state index >= 15 is 0 Å². The van der Waals surface area contributed by atoms with Crippen molar-refractivity contribution in [3.8, 4) is 0 Å². The lowest BCUT2D eigenvalue weighted by Gasteiger charge is -2.39. The van der Waals surface area contributed by atoms with Crippen LogP contribution < -0.4 is 0 Å². The molecule has 0 aliphatic heterocycles. The van der Waals surface area contributed by atoms with E-state index in [0.29, 0.717) is 18.8 Å². The molecule has 0 heterocycles. The molecule has 1 saturated carbocycles. The van der Waals surface area contributed by atoms with Gasteiger partial charge in [0.05, 0.1) is 0 Å². The SMILES string of the molecule is C[C@H]1CC[C@](C)(C(=O)COC(=O)CCc2ccccc2)C1(C)C. The van der Waals surface area contributed by atoms with Crippen molar-refractivity contribution in [2.75, 3.05) is 6.61 Å². The summed E-state index contributed by atoms with van der Waals surface area (Å²) in [4.78, 5) is 24.5. The predicted octanol–water partition coefficient (Wildman–Crippen LogP) is 4.19. The molecular formula is C20H28O3. The van der Waals surface area contributed by atoms with Crippen molar-refractivity contribution in [3.05, 3.63) is 35.9 Å². The number of ether oxygens (including phenoxy) is 1. The monoisotopic (exact) mass is 316 g/mol. The number of rotatable bonds is 6. The molecule has 0 amide bonds. The zero-order valence-corrected chi connectivity index (χ0v) is 14.7. The van der Waals surface area contributed by atoms with Crippen LogP contribution in [0.15, 0.2) is 30.3 Å². The van der Waals surface area contributed by atoms with Gasteiger partial charge < -0.3 is 4.74 Å². The third-order valence-corrected chi connectivity index (χ3v) is 6.17. The Bertz CT molecular complexity index is 562. The van der Waals surface area contributed by atoms with E-state index in [2.05, 4.69) is 20.8 Å². The minimum Gasteiger partial charge on any atom is -0.458 e. The molecule has 3 heteroatoms. The lowest BCUT2D eigenvalue weighted by atomic mass is 9.64. The van der Waals surface area contributed by atoms with Crippen molar-refractivity contribution in [2.24, 2.45) is 16.7 Å². The number of esters is 1. The van der Waals surface area contributed by atoms with Crippen LogP contribution in [0.5, 0.6) is 0 Å². The van der Waals surface area contributed by atoms with Crippen molar-refractivity contribution in [1.82, 2.24) is 0 Å². The first-order chi connectivity index (χ1) is 10.8. The summed E-state index contributed by atoms with van der Waals surface area (Å²) >= 11 is 0. The molecule has 1 aromatic carbocycles. The Hall–Kier alpha value is -1.64. The normalized spacial score (nSPS) is 26.0. The molecule has 126 valence electrons. The Kier molecular flexibility index (Phi) is 5.28. The van der Waals surface area contributed by atoms with Crippen LogP contribution in [-0.4, -0.2) is 18.4 Å². The molecule has 23 heavy (non-hydrogen) atoms. The molecule has 1 aliphatic rings. The number of carbonyl (C=O) groups is 2. The number of carbonyl (C=O) groups excluding carboxylic acids is 2. The molecule has 2 atom stereocenters. The van der Waals surface area contributed by atoms with E-state index in [1.54, 1.807) is 0 Å². The van der Waals surface area contributed by atoms with Crippen LogP contribution in [-0.2, 0) is 20.7 Å². The van der Waals surface area contributed by atoms with E-state index < -0.39 is 5.41 Å². The van der Waals surface area contributed by atoms with Crippen LogP contribution in [0.1, 0.15) is 52.5 Å². The van der Waals surface area contributed by atoms with Gasteiger partial charge in [-0.1, -0.05) is 58.0 Å². The minimum atomic E-state index is -0.397. The van der Waals surface area contributed by atoms with Crippen molar-refractivity contribution in [2.45, 2.75) is 53.4 Å². The number of benzene rings is 1. The summed E-state index contributed by atoms with van der Waals surface area (Å²) in [6.45, 7) is 8.43. The average Bonchev–Trinajstić information content (AvgIpc) is 2.75. The molecular weight excluding hydrogens is 288 g/mol. The highest BCUT2D eigenvalue weighted by Crippen LogP contribution is 2.56. The van der Waals surface area contributed by atoms with Gasteiger partial charge in [-0.3, -0.25) is 9.59 Å². The Labute approximate surface area is 139 Å². The standard InChI is InChI=1S/C20H28O3/c1-15-12-13-20(4,19(15,2)3)17(21)14-23-18(22)11-10-16-8-6-5-7-9-16/h5-9,15H,10-14H2,1-4H3/t15-,20+/m0/s1. The van der Waals surface area contributed by atoms with Crippen LogP contribution in [0.25, 0.3) is 0 Å². The molecule has 0 spiro atoms. The molecule has 2 rings (SSSR count). The first-order valence-corrected chi connectivity index (χ1v) is 8.50. The van der Waals surface area contributed by atoms with Crippen LogP contribution >= 0.6 is 0 Å². The highest BCUT2D eigenvalue weighted by atomic mass is 16.5. The van der Waals surface area contributed by atoms with Gasteiger partial charge >= 0.3 is 5.97 Å². The topological polar surface area (TPSA) is 43.4 Å². The van der Waals surface area contributed by atoms with E-state index in [1.807, 2.05) is 37.3 Å². The number of ketones is 1. The second-order valence-electron chi connectivity index (χ2n) is 7.56. The molecule has 0 bridgehead atoms. The van der Waals surface area contributed by atoms with E-state index in [9.17, 15) is 9.59 Å². The molecule has 1 aliphatic carbocycles. The summed E-state index contributed by atoms with van der Waals surface area (Å²) in [7, 11) is 0. The molecule has 1 fully saturated rings. The fraction of sp³-hybridized carbons (Fsp3) is 0.600. The van der Waals surface area contributed by atoms with Gasteiger partial charge in [0.2, 0.25) is 0 Å². The van der Waals surface area contributed by atoms with Gasteiger partial charge in [-0.05, 0) is 36.2 Å². The first kappa shape index (κ1) is 17.7. The van der Waals surface area contributed by atoms with E-state index in [4.69, 9.17) is 4.74 Å². The van der Waals surface area contributed by atoms with E-state index in [-0.39, 0.29) is 23.8 Å². The van der Waals surface area contributed by atoms with E-state index in [1.165, 1.54) is 0 Å². The molecule has 0 radical (unpaired) electrons. The second kappa shape index (κ2) is 6.86. The predicted molar refractivity (Wildman–Crippen MR) is 91.0 cm³/mol. The molecule has 1 aromatic rings. The summed E-state index contributed by atoms with van der Waals surface area (Å²) in [5.41, 5.74) is 0.653. The zero-order chi connectivity index (χ0) is 17.1. The molecule has 0 unspecified atom stereocenters. The largest absolute Gasteiger partial charge is 0.458 e. The van der Waals surface area contributed by atoms with Gasteiger partial charge in [-0.15, -0.1) is 0 Å². The number of aryl methyl sites for hydroxylation is 1. The quantitative estimate of drug-likeness (QED) is 0.739. The number of hydrogen-bond acceptors (Lipinski definition) is 3. The summed E-state index contributed by atoms with van der Waals surface area (Å²) in [6, 6.07) is 9.83. The van der Waals surface area contributed by atoms with Gasteiger partial charge in [0, 0.05) is 11.8 Å². The lowest BCUT2D eigenvalue weighted by molar-refractivity contribution is -0.152. The van der Waals surface area contributed by atoms with Crippen LogP contribution in [0, 0.1) is 16.7 Å². The maximum atomic E-state index is 12.6. The third-order valence-electron chi connectivity index (χ3n) is 6.17. The second-order valence-corrected chi connectivity index (χ2v) is 7.56. The Balaban J connectivity index is 1.83. The summed E-state index contributed by atoms with van der Waals surface area (Å²) in [5, 5.41) is 0. The molecule has 0 aromatic heterocycles. The average molecular weight is 316 g/mol. The maximum Gasteiger partial charge on any atom is 0.306 e. The van der Waals surface area contributed by atoms with Gasteiger partial charge in [-0.25, -0.2) is 0 Å². The van der Waals surface area contributed by atoms with Crippen molar-refractivity contribution >= 4 is 11.8 Å². The van der Waals surface area contributed by atoms with Gasteiger partial charge in [-0.2, -0.15) is 0 Å². The smallest absolute Gasteiger partial charge is 0.306 e. The molecule has 0 N–H and O–H groups in total. The third kappa shape index (κ3) is 3.65. The van der Waals surface area contributed by atoms with Crippen molar-refractivity contribution < 1.29 is 14.3 Å². The Morgan fingerprint density at radius 1 is 1.17 bits per heavy atom. The first-order valence-electron chi connectivity index (χ1n) is 8.50. The maximum absolute atomic E-state index is 12.6. The summed E-state index contributed by atoms with van der Waals surface area (Å²) in [5.74, 6) is 0.264. The van der Waals surface area contributed by atoms with Crippen LogP contribution in [0.3, 0.4) is 0 Å². The van der Waals surface area contributed by atoms with Crippen molar-refractivity contribution in [1.29, 1.82) is 0 Å².